The van der Waals surface area contributed by atoms with Crippen LogP contribution in [0.2, 0.25) is 5.02 Å². The Bertz CT molecular complexity index is 962. The van der Waals surface area contributed by atoms with E-state index in [4.69, 9.17) is 21.1 Å². The number of carbonyl (C=O) groups is 3. The van der Waals surface area contributed by atoms with Gasteiger partial charge < -0.3 is 24.6 Å². The van der Waals surface area contributed by atoms with Crippen LogP contribution in [0.3, 0.4) is 0 Å². The van der Waals surface area contributed by atoms with Crippen molar-refractivity contribution >= 4 is 35.2 Å². The van der Waals surface area contributed by atoms with E-state index in [1.807, 2.05) is 43.3 Å². The first kappa shape index (κ1) is 24.4. The fourth-order valence-electron chi connectivity index (χ4n) is 3.36. The molecule has 3 amide bonds. The van der Waals surface area contributed by atoms with Crippen molar-refractivity contribution in [2.24, 2.45) is 0 Å². The molecule has 0 atom stereocenters. The van der Waals surface area contributed by atoms with Crippen molar-refractivity contribution in [3.8, 4) is 5.75 Å². The van der Waals surface area contributed by atoms with Gasteiger partial charge in [-0.2, -0.15) is 0 Å². The van der Waals surface area contributed by atoms with Crippen LogP contribution in [0, 0.1) is 6.92 Å². The largest absolute Gasteiger partial charge is 0.493 e. The van der Waals surface area contributed by atoms with Gasteiger partial charge in [0.05, 0.1) is 6.61 Å². The molecule has 2 aromatic rings. The van der Waals surface area contributed by atoms with Crippen molar-refractivity contribution in [3.05, 3.63) is 59.1 Å². The smallest absolute Gasteiger partial charge is 0.321 e. The minimum Gasteiger partial charge on any atom is -0.493 e. The van der Waals surface area contributed by atoms with E-state index in [0.717, 1.165) is 17.0 Å². The summed E-state index contributed by atoms with van der Waals surface area (Å²) in [5, 5.41) is 3.48. The van der Waals surface area contributed by atoms with Gasteiger partial charge in [0.2, 0.25) is 0 Å². The lowest BCUT2D eigenvalue weighted by molar-refractivity contribution is -0.152. The Morgan fingerprint density at radius 3 is 2.39 bits per heavy atom. The summed E-state index contributed by atoms with van der Waals surface area (Å²) in [6.07, 6.45) is 0.637. The molecule has 0 spiro atoms. The van der Waals surface area contributed by atoms with Crippen molar-refractivity contribution in [1.29, 1.82) is 0 Å². The number of aryl methyl sites for hydroxylation is 1. The molecule has 0 aromatic heterocycles. The Balaban J connectivity index is 1.29. The molecule has 0 unspecified atom stereocenters. The Labute approximate surface area is 198 Å². The third-order valence-corrected chi connectivity index (χ3v) is 5.46. The summed E-state index contributed by atoms with van der Waals surface area (Å²) in [6, 6.07) is 14.4. The lowest BCUT2D eigenvalue weighted by Gasteiger charge is -2.34. The second-order valence-electron chi connectivity index (χ2n) is 7.69. The zero-order chi connectivity index (χ0) is 23.6. The summed E-state index contributed by atoms with van der Waals surface area (Å²) in [4.78, 5) is 39.9. The van der Waals surface area contributed by atoms with E-state index >= 15 is 0 Å². The van der Waals surface area contributed by atoms with Crippen LogP contribution >= 0.6 is 11.6 Å². The molecule has 1 N–H and O–H groups in total. The SMILES string of the molecule is Cc1cc(Cl)ccc1OCCCC(=O)OCC(=O)N1CCN(C(=O)Nc2ccccc2)CC1. The number of benzene rings is 2. The number of piperazine rings is 1. The molecule has 1 saturated heterocycles. The van der Waals surface area contributed by atoms with E-state index in [1.165, 1.54) is 0 Å². The third kappa shape index (κ3) is 7.68. The second-order valence-corrected chi connectivity index (χ2v) is 8.12. The van der Waals surface area contributed by atoms with Crippen LogP contribution in [0.1, 0.15) is 18.4 Å². The number of carbonyl (C=O) groups excluding carboxylic acids is 3. The number of nitrogens with one attached hydrogen (secondary N) is 1. The molecule has 0 aliphatic carbocycles. The van der Waals surface area contributed by atoms with E-state index in [1.54, 1.807) is 21.9 Å². The van der Waals surface area contributed by atoms with Gasteiger partial charge in [0.1, 0.15) is 5.75 Å². The highest BCUT2D eigenvalue weighted by molar-refractivity contribution is 6.30. The molecule has 1 heterocycles. The maximum absolute atomic E-state index is 12.3. The summed E-state index contributed by atoms with van der Waals surface area (Å²) in [5.74, 6) is 0.0136. The predicted molar refractivity (Wildman–Crippen MR) is 125 cm³/mol. The van der Waals surface area contributed by atoms with Crippen LogP contribution in [-0.2, 0) is 14.3 Å². The van der Waals surface area contributed by atoms with Crippen molar-refractivity contribution in [3.63, 3.8) is 0 Å². The highest BCUT2D eigenvalue weighted by atomic mass is 35.5. The third-order valence-electron chi connectivity index (χ3n) is 5.22. The summed E-state index contributed by atoms with van der Waals surface area (Å²) in [7, 11) is 0. The Morgan fingerprint density at radius 2 is 1.70 bits per heavy atom. The number of nitrogens with zero attached hydrogens (tertiary/aromatic N) is 2. The number of amides is 3. The van der Waals surface area contributed by atoms with Gasteiger partial charge >= 0.3 is 12.0 Å². The van der Waals surface area contributed by atoms with Crippen LogP contribution in [0.5, 0.6) is 5.75 Å². The molecule has 0 bridgehead atoms. The highest BCUT2D eigenvalue weighted by Gasteiger charge is 2.24. The van der Waals surface area contributed by atoms with Gasteiger partial charge in [-0.3, -0.25) is 9.59 Å². The van der Waals surface area contributed by atoms with Crippen LogP contribution in [0.25, 0.3) is 0 Å². The molecule has 1 aliphatic heterocycles. The summed E-state index contributed by atoms with van der Waals surface area (Å²) in [6.45, 7) is 3.58. The maximum atomic E-state index is 12.3. The van der Waals surface area contributed by atoms with Gasteiger partial charge in [0.15, 0.2) is 6.61 Å². The number of halogens is 1. The second kappa shape index (κ2) is 12.1. The number of anilines is 1. The summed E-state index contributed by atoms with van der Waals surface area (Å²) >= 11 is 5.92. The van der Waals surface area contributed by atoms with Crippen LogP contribution in [0.15, 0.2) is 48.5 Å². The Hall–Kier alpha value is -3.26. The Kier molecular flexibility index (Phi) is 8.95. The molecule has 8 nitrogen and oxygen atoms in total. The number of rotatable bonds is 8. The maximum Gasteiger partial charge on any atom is 0.321 e. The molecule has 2 aromatic carbocycles. The molecule has 176 valence electrons. The Morgan fingerprint density at radius 1 is 1.00 bits per heavy atom. The van der Waals surface area contributed by atoms with E-state index in [9.17, 15) is 14.4 Å². The van der Waals surface area contributed by atoms with Crippen molar-refractivity contribution in [2.75, 3.05) is 44.7 Å². The van der Waals surface area contributed by atoms with Crippen LogP contribution in [0.4, 0.5) is 10.5 Å². The molecule has 1 fully saturated rings. The highest BCUT2D eigenvalue weighted by Crippen LogP contribution is 2.22. The topological polar surface area (TPSA) is 88.2 Å². The van der Waals surface area contributed by atoms with Crippen molar-refractivity contribution in [2.45, 2.75) is 19.8 Å². The molecular formula is C24H28ClN3O5. The molecule has 3 rings (SSSR count). The fourth-order valence-corrected chi connectivity index (χ4v) is 3.59. The number of esters is 1. The van der Waals surface area contributed by atoms with E-state index in [-0.39, 0.29) is 25.0 Å². The lowest BCUT2D eigenvalue weighted by Crippen LogP contribution is -2.52. The standard InChI is InChI=1S/C24H28ClN3O5/c1-18-16-19(25)9-10-21(18)32-15-5-8-23(30)33-17-22(29)27-11-13-28(14-12-27)24(31)26-20-6-3-2-4-7-20/h2-4,6-7,9-10,16H,5,8,11-15,17H2,1H3,(H,26,31). The summed E-state index contributed by atoms with van der Waals surface area (Å²) < 4.78 is 10.8. The molecule has 1 aliphatic rings. The number of ether oxygens (including phenoxy) is 2. The number of hydrogen-bond donors (Lipinski definition) is 1. The molecule has 0 saturated carbocycles. The van der Waals surface area contributed by atoms with E-state index in [0.29, 0.717) is 44.2 Å². The van der Waals surface area contributed by atoms with Gasteiger partial charge in [-0.1, -0.05) is 29.8 Å². The monoisotopic (exact) mass is 473 g/mol. The van der Waals surface area contributed by atoms with Gasteiger partial charge in [-0.05, 0) is 49.2 Å². The van der Waals surface area contributed by atoms with Gasteiger partial charge in [0.25, 0.3) is 5.91 Å². The molecule has 9 heteroatoms. The van der Waals surface area contributed by atoms with Gasteiger partial charge in [0, 0.05) is 43.3 Å². The predicted octanol–water partition coefficient (Wildman–Crippen LogP) is 3.73. The first-order valence-electron chi connectivity index (χ1n) is 10.9. The quantitative estimate of drug-likeness (QED) is 0.466. The fraction of sp³-hybridized carbons (Fsp3) is 0.375. The number of hydrogen-bond acceptors (Lipinski definition) is 5. The van der Waals surface area contributed by atoms with Crippen LogP contribution < -0.4 is 10.1 Å². The molecule has 0 radical (unpaired) electrons. The first-order valence-corrected chi connectivity index (χ1v) is 11.2. The first-order chi connectivity index (χ1) is 15.9. The number of urea groups is 1. The summed E-state index contributed by atoms with van der Waals surface area (Å²) in [5.41, 5.74) is 1.65. The zero-order valence-corrected chi connectivity index (χ0v) is 19.3. The lowest BCUT2D eigenvalue weighted by atomic mass is 10.2. The minimum absolute atomic E-state index is 0.160. The molecule has 33 heavy (non-hydrogen) atoms. The van der Waals surface area contributed by atoms with Gasteiger partial charge in [-0.15, -0.1) is 0 Å². The van der Waals surface area contributed by atoms with E-state index in [2.05, 4.69) is 5.32 Å². The molecular weight excluding hydrogens is 446 g/mol. The average molecular weight is 474 g/mol. The van der Waals surface area contributed by atoms with Gasteiger partial charge in [-0.25, -0.2) is 4.79 Å². The van der Waals surface area contributed by atoms with E-state index < -0.39 is 5.97 Å². The number of para-hydroxylation sites is 1. The zero-order valence-electron chi connectivity index (χ0n) is 18.6. The average Bonchev–Trinajstić information content (AvgIpc) is 2.82. The normalized spacial score (nSPS) is 13.4. The van der Waals surface area contributed by atoms with Crippen LogP contribution in [-0.4, -0.2) is 67.1 Å². The van der Waals surface area contributed by atoms with Crippen molar-refractivity contribution in [1.82, 2.24) is 9.80 Å². The van der Waals surface area contributed by atoms with Crippen molar-refractivity contribution < 1.29 is 23.9 Å². The minimum atomic E-state index is -0.444.